The third-order valence-electron chi connectivity index (χ3n) is 7.31. The molecular formula is C25H25F4N5O3. The first kappa shape index (κ1) is 25.0. The Labute approximate surface area is 209 Å². The van der Waals surface area contributed by atoms with Crippen molar-refractivity contribution in [3.05, 3.63) is 47.9 Å². The number of halogens is 4. The van der Waals surface area contributed by atoms with Crippen molar-refractivity contribution >= 4 is 28.7 Å². The Balaban J connectivity index is 1.45. The number of amides is 2. The molecule has 1 saturated carbocycles. The molecule has 2 amide bonds. The van der Waals surface area contributed by atoms with Crippen molar-refractivity contribution in [2.45, 2.75) is 55.7 Å². The number of aromatic amines is 1. The molecule has 5 rings (SSSR count). The lowest BCUT2D eigenvalue weighted by Gasteiger charge is -2.42. The maximum absolute atomic E-state index is 14.6. The highest BCUT2D eigenvalue weighted by molar-refractivity contribution is 5.99. The summed E-state index contributed by atoms with van der Waals surface area (Å²) in [4.78, 5) is 32.6. The van der Waals surface area contributed by atoms with E-state index in [2.05, 4.69) is 20.5 Å². The van der Waals surface area contributed by atoms with Crippen molar-refractivity contribution in [2.75, 3.05) is 19.0 Å². The Morgan fingerprint density at radius 1 is 1.16 bits per heavy atom. The summed E-state index contributed by atoms with van der Waals surface area (Å²) in [6, 6.07) is 5.91. The van der Waals surface area contributed by atoms with Crippen LogP contribution in [0.2, 0.25) is 0 Å². The minimum Gasteiger partial charge on any atom is -0.494 e. The van der Waals surface area contributed by atoms with E-state index < -0.39 is 54.0 Å². The predicted molar refractivity (Wildman–Crippen MR) is 126 cm³/mol. The second kappa shape index (κ2) is 9.31. The van der Waals surface area contributed by atoms with E-state index in [-0.39, 0.29) is 42.9 Å². The number of fused-ring (bicyclic) bond motifs is 1. The Hall–Kier alpha value is -3.70. The van der Waals surface area contributed by atoms with Crippen molar-refractivity contribution < 1.29 is 31.9 Å². The first-order chi connectivity index (χ1) is 17.6. The number of carbonyl (C=O) groups is 2. The van der Waals surface area contributed by atoms with E-state index in [1.54, 1.807) is 6.07 Å². The topological polar surface area (TPSA) is 100 Å². The smallest absolute Gasteiger partial charge is 0.248 e. The van der Waals surface area contributed by atoms with E-state index in [1.165, 1.54) is 31.5 Å². The summed E-state index contributed by atoms with van der Waals surface area (Å²) >= 11 is 0. The van der Waals surface area contributed by atoms with E-state index in [0.717, 1.165) is 11.0 Å². The molecule has 2 fully saturated rings. The highest BCUT2D eigenvalue weighted by atomic mass is 19.3. The van der Waals surface area contributed by atoms with Gasteiger partial charge in [0.15, 0.2) is 11.6 Å². The number of methoxy groups -OCH3 is 1. The molecule has 3 heterocycles. The van der Waals surface area contributed by atoms with Crippen LogP contribution in [0.5, 0.6) is 5.75 Å². The number of benzene rings is 1. The zero-order chi connectivity index (χ0) is 26.4. The van der Waals surface area contributed by atoms with Crippen LogP contribution in [0.25, 0.3) is 11.0 Å². The first-order valence-electron chi connectivity index (χ1n) is 11.9. The molecule has 2 aromatic heterocycles. The van der Waals surface area contributed by atoms with E-state index in [0.29, 0.717) is 11.0 Å². The van der Waals surface area contributed by atoms with Gasteiger partial charge in [0.05, 0.1) is 30.8 Å². The van der Waals surface area contributed by atoms with Gasteiger partial charge in [-0.05, 0) is 42.7 Å². The van der Waals surface area contributed by atoms with E-state index in [1.807, 2.05) is 0 Å². The summed E-state index contributed by atoms with van der Waals surface area (Å²) < 4.78 is 62.5. The van der Waals surface area contributed by atoms with Gasteiger partial charge in [-0.15, -0.1) is 0 Å². The molecule has 0 bridgehead atoms. The lowest BCUT2D eigenvalue weighted by atomic mass is 9.67. The van der Waals surface area contributed by atoms with Crippen LogP contribution in [0.1, 0.15) is 37.7 Å². The standard InChI is InChI=1S/C25H25F4N5O3/c1-37-20-4-2-14(10-16(20)27)24(6-8-25(28,29)9-7-24)23(36)34-13-15(26)11-19(34)22(35)32-21-5-3-17-18(31-21)12-30-33-17/h2-5,10,12,15,19H,6-9,11,13H2,1H3,(H,30,33)(H,31,32,35)/t15-,19-/m1/s1. The Morgan fingerprint density at radius 3 is 2.62 bits per heavy atom. The number of likely N-dealkylation sites (tertiary alicyclic amines) is 1. The van der Waals surface area contributed by atoms with Gasteiger partial charge in [0.25, 0.3) is 0 Å². The van der Waals surface area contributed by atoms with Crippen LogP contribution in [0.4, 0.5) is 23.4 Å². The number of H-pyrrole nitrogens is 1. The molecule has 37 heavy (non-hydrogen) atoms. The minimum atomic E-state index is -2.98. The van der Waals surface area contributed by atoms with Gasteiger partial charge >= 0.3 is 0 Å². The van der Waals surface area contributed by atoms with Gasteiger partial charge in [-0.3, -0.25) is 14.7 Å². The van der Waals surface area contributed by atoms with E-state index in [9.17, 15) is 27.2 Å². The van der Waals surface area contributed by atoms with Gasteiger partial charge in [-0.2, -0.15) is 5.10 Å². The maximum atomic E-state index is 14.6. The van der Waals surface area contributed by atoms with Crippen LogP contribution in [0.3, 0.4) is 0 Å². The number of carbonyl (C=O) groups excluding carboxylic acids is 2. The van der Waals surface area contributed by atoms with Gasteiger partial charge in [0.1, 0.15) is 23.5 Å². The molecule has 1 aliphatic carbocycles. The van der Waals surface area contributed by atoms with Crippen LogP contribution in [0.15, 0.2) is 36.5 Å². The number of nitrogens with one attached hydrogen (secondary N) is 2. The van der Waals surface area contributed by atoms with Crippen molar-refractivity contribution in [2.24, 2.45) is 0 Å². The van der Waals surface area contributed by atoms with E-state index in [4.69, 9.17) is 4.74 Å². The van der Waals surface area contributed by atoms with Crippen LogP contribution in [0, 0.1) is 5.82 Å². The number of hydrogen-bond donors (Lipinski definition) is 2. The predicted octanol–water partition coefficient (Wildman–Crippen LogP) is 4.13. The zero-order valence-electron chi connectivity index (χ0n) is 19.9. The fraction of sp³-hybridized carbons (Fsp3) is 0.440. The Kier molecular flexibility index (Phi) is 6.28. The molecule has 2 atom stereocenters. The molecule has 2 aliphatic rings. The SMILES string of the molecule is COc1ccc(C2(C(=O)N3C[C@H](F)C[C@@H]3C(=O)Nc3ccc4[nH]ncc4n3)CCC(F)(F)CC2)cc1F. The van der Waals surface area contributed by atoms with Crippen molar-refractivity contribution in [1.82, 2.24) is 20.1 Å². The molecule has 1 aliphatic heterocycles. The molecule has 1 saturated heterocycles. The minimum absolute atomic E-state index is 0.0585. The fourth-order valence-corrected chi connectivity index (χ4v) is 5.28. The molecule has 8 nitrogen and oxygen atoms in total. The average Bonchev–Trinajstić information content (AvgIpc) is 3.50. The zero-order valence-corrected chi connectivity index (χ0v) is 19.9. The lowest BCUT2D eigenvalue weighted by Crippen LogP contribution is -2.54. The molecule has 0 unspecified atom stereocenters. The van der Waals surface area contributed by atoms with Crippen molar-refractivity contribution in [3.8, 4) is 5.75 Å². The second-order valence-corrected chi connectivity index (χ2v) is 9.58. The third kappa shape index (κ3) is 4.60. The summed E-state index contributed by atoms with van der Waals surface area (Å²) in [5.41, 5.74) is -0.183. The highest BCUT2D eigenvalue weighted by Crippen LogP contribution is 2.48. The second-order valence-electron chi connectivity index (χ2n) is 9.58. The number of pyridine rings is 1. The molecule has 2 N–H and O–H groups in total. The molecule has 3 aromatic rings. The van der Waals surface area contributed by atoms with Gasteiger partial charge in [-0.25, -0.2) is 22.5 Å². The average molecular weight is 519 g/mol. The van der Waals surface area contributed by atoms with Gasteiger partial charge in [0.2, 0.25) is 17.7 Å². The molecular weight excluding hydrogens is 494 g/mol. The number of aromatic nitrogens is 3. The number of anilines is 1. The number of rotatable bonds is 5. The first-order valence-corrected chi connectivity index (χ1v) is 11.9. The quantitative estimate of drug-likeness (QED) is 0.494. The Morgan fingerprint density at radius 2 is 1.92 bits per heavy atom. The van der Waals surface area contributed by atoms with Crippen LogP contribution in [-0.4, -0.2) is 63.7 Å². The van der Waals surface area contributed by atoms with Gasteiger partial charge < -0.3 is 15.0 Å². The summed E-state index contributed by atoms with van der Waals surface area (Å²) in [7, 11) is 1.29. The Bertz CT molecular complexity index is 1340. The van der Waals surface area contributed by atoms with Gasteiger partial charge in [0, 0.05) is 19.3 Å². The molecule has 0 spiro atoms. The van der Waals surface area contributed by atoms with Crippen LogP contribution in [-0.2, 0) is 15.0 Å². The summed E-state index contributed by atoms with van der Waals surface area (Å²) in [5, 5.41) is 9.22. The van der Waals surface area contributed by atoms with Crippen molar-refractivity contribution in [3.63, 3.8) is 0 Å². The largest absolute Gasteiger partial charge is 0.494 e. The third-order valence-corrected chi connectivity index (χ3v) is 7.31. The molecule has 12 heteroatoms. The van der Waals surface area contributed by atoms with Crippen molar-refractivity contribution in [1.29, 1.82) is 0 Å². The summed E-state index contributed by atoms with van der Waals surface area (Å²) in [6.45, 7) is -0.373. The van der Waals surface area contributed by atoms with Crippen LogP contribution >= 0.6 is 0 Å². The fourth-order valence-electron chi connectivity index (χ4n) is 5.28. The monoisotopic (exact) mass is 519 g/mol. The lowest BCUT2D eigenvalue weighted by molar-refractivity contribution is -0.146. The molecule has 1 aromatic carbocycles. The number of nitrogens with zero attached hydrogens (tertiary/aromatic N) is 3. The number of alkyl halides is 3. The van der Waals surface area contributed by atoms with E-state index >= 15 is 0 Å². The highest BCUT2D eigenvalue weighted by Gasteiger charge is 2.53. The van der Waals surface area contributed by atoms with Crippen LogP contribution < -0.4 is 10.1 Å². The number of hydrogen-bond acceptors (Lipinski definition) is 5. The summed E-state index contributed by atoms with van der Waals surface area (Å²) in [5.74, 6) is -4.91. The normalized spacial score (nSPS) is 22.7. The molecule has 196 valence electrons. The molecule has 0 radical (unpaired) electrons. The summed E-state index contributed by atoms with van der Waals surface area (Å²) in [6.07, 6.45) is -2.00. The maximum Gasteiger partial charge on any atom is 0.248 e. The van der Waals surface area contributed by atoms with Gasteiger partial charge in [-0.1, -0.05) is 6.07 Å². The number of ether oxygens (including phenoxy) is 1.